The smallest absolute Gasteiger partial charge is 0.303 e. The number of esters is 1. The van der Waals surface area contributed by atoms with Gasteiger partial charge in [0.1, 0.15) is 17.3 Å². The highest BCUT2D eigenvalue weighted by atomic mass is 16.9. The van der Waals surface area contributed by atoms with Crippen molar-refractivity contribution in [3.8, 4) is 0 Å². The quantitative estimate of drug-likeness (QED) is 0.396. The summed E-state index contributed by atoms with van der Waals surface area (Å²) in [6.07, 6.45) is 4.61. The molecule has 0 spiro atoms. The second-order valence-corrected chi connectivity index (χ2v) is 15.7. The summed E-state index contributed by atoms with van der Waals surface area (Å²) in [5.41, 5.74) is -2.92. The van der Waals surface area contributed by atoms with E-state index in [1.807, 2.05) is 13.8 Å². The number of Topliss-reactive ketones (excluding diaryl/α,β-unsaturated/α-hetero) is 1. The average Bonchev–Trinajstić information content (AvgIpc) is 3.54. The molecule has 3 heterocycles. The molecule has 4 saturated carbocycles. The van der Waals surface area contributed by atoms with Gasteiger partial charge in [0.05, 0.1) is 23.2 Å². The lowest BCUT2D eigenvalue weighted by Gasteiger charge is -2.61. The maximum atomic E-state index is 14.0. The summed E-state index contributed by atoms with van der Waals surface area (Å²) in [7, 11) is 0. The van der Waals surface area contributed by atoms with Crippen LogP contribution in [0, 0.1) is 40.4 Å². The Balaban J connectivity index is 1.17. The van der Waals surface area contributed by atoms with E-state index in [0.29, 0.717) is 30.6 Å². The van der Waals surface area contributed by atoms with Crippen molar-refractivity contribution in [1.82, 2.24) is 0 Å². The number of rotatable bonds is 3. The van der Waals surface area contributed by atoms with E-state index in [2.05, 4.69) is 34.6 Å². The van der Waals surface area contributed by atoms with Gasteiger partial charge in [-0.05, 0) is 101 Å². The van der Waals surface area contributed by atoms with Crippen molar-refractivity contribution >= 4 is 11.8 Å². The fourth-order valence-electron chi connectivity index (χ4n) is 11.3. The van der Waals surface area contributed by atoms with Gasteiger partial charge in [-0.2, -0.15) is 0 Å². The molecule has 0 aromatic carbocycles. The van der Waals surface area contributed by atoms with Gasteiger partial charge in [-0.1, -0.05) is 13.8 Å². The zero-order chi connectivity index (χ0) is 28.8. The van der Waals surface area contributed by atoms with Gasteiger partial charge in [-0.25, -0.2) is 0 Å². The van der Waals surface area contributed by atoms with Crippen molar-refractivity contribution in [2.45, 2.75) is 148 Å². The molecule has 3 saturated heterocycles. The molecule has 4 aliphatic carbocycles. The van der Waals surface area contributed by atoms with E-state index in [4.69, 9.17) is 23.7 Å². The summed E-state index contributed by atoms with van der Waals surface area (Å²) >= 11 is 0. The first-order chi connectivity index (χ1) is 18.5. The lowest BCUT2D eigenvalue weighted by Crippen LogP contribution is -2.70. The van der Waals surface area contributed by atoms with Gasteiger partial charge in [0.2, 0.25) is 0 Å². The van der Waals surface area contributed by atoms with E-state index < -0.39 is 40.3 Å². The number of hydrogen-bond acceptors (Lipinski definition) is 8. The van der Waals surface area contributed by atoms with Crippen molar-refractivity contribution in [3.05, 3.63) is 0 Å². The topological polar surface area (TPSA) is 104 Å². The third kappa shape index (κ3) is 3.32. The van der Waals surface area contributed by atoms with Gasteiger partial charge in [0.15, 0.2) is 11.9 Å². The van der Waals surface area contributed by atoms with Gasteiger partial charge in [-0.15, -0.1) is 0 Å². The average molecular weight is 561 g/mol. The molecule has 8 heteroatoms. The minimum atomic E-state index is -1.20. The van der Waals surface area contributed by atoms with Crippen molar-refractivity contribution in [3.63, 3.8) is 0 Å². The molecule has 0 unspecified atom stereocenters. The van der Waals surface area contributed by atoms with Crippen LogP contribution in [-0.4, -0.2) is 64.1 Å². The fourth-order valence-corrected chi connectivity index (χ4v) is 11.3. The number of fused-ring (bicyclic) bond motifs is 10. The van der Waals surface area contributed by atoms with Crippen LogP contribution >= 0.6 is 0 Å². The first-order valence-corrected chi connectivity index (χ1v) is 15.7. The van der Waals surface area contributed by atoms with E-state index in [9.17, 15) is 14.7 Å². The zero-order valence-electron chi connectivity index (χ0n) is 25.5. The summed E-state index contributed by atoms with van der Waals surface area (Å²) in [5.74, 6) is -0.138. The molecule has 14 atom stereocenters. The molecule has 7 rings (SSSR count). The van der Waals surface area contributed by atoms with Gasteiger partial charge in [-0.3, -0.25) is 9.59 Å². The largest absolute Gasteiger partial charge is 0.455 e. The minimum Gasteiger partial charge on any atom is -0.455 e. The Hall–Kier alpha value is -1.06. The molecular formula is C32H48O8. The fraction of sp³-hybridized carbons (Fsp3) is 0.938. The summed E-state index contributed by atoms with van der Waals surface area (Å²) in [6.45, 7) is 16.4. The summed E-state index contributed by atoms with van der Waals surface area (Å²) < 4.78 is 31.0. The van der Waals surface area contributed by atoms with Crippen LogP contribution in [0.25, 0.3) is 0 Å². The Kier molecular flexibility index (Phi) is 5.62. The monoisotopic (exact) mass is 560 g/mol. The lowest BCUT2D eigenvalue weighted by atomic mass is 9.42. The van der Waals surface area contributed by atoms with E-state index in [1.54, 1.807) is 0 Å². The van der Waals surface area contributed by atoms with Crippen molar-refractivity contribution in [1.29, 1.82) is 0 Å². The number of carbonyl (C=O) groups is 2. The molecule has 3 aliphatic heterocycles. The molecule has 40 heavy (non-hydrogen) atoms. The summed E-state index contributed by atoms with van der Waals surface area (Å²) in [4.78, 5) is 25.9. The molecule has 7 fully saturated rings. The van der Waals surface area contributed by atoms with Crippen molar-refractivity contribution in [2.24, 2.45) is 40.4 Å². The maximum Gasteiger partial charge on any atom is 0.303 e. The number of carbonyl (C=O) groups excluding carboxylic acids is 2. The molecule has 8 nitrogen and oxygen atoms in total. The highest BCUT2D eigenvalue weighted by molar-refractivity contribution is 5.93. The van der Waals surface area contributed by atoms with Crippen LogP contribution in [0.4, 0.5) is 0 Å². The summed E-state index contributed by atoms with van der Waals surface area (Å²) in [5, 5.41) is 12.1. The molecule has 0 radical (unpaired) electrons. The Morgan fingerprint density at radius 1 is 1.00 bits per heavy atom. The minimum absolute atomic E-state index is 0.00188. The van der Waals surface area contributed by atoms with Crippen LogP contribution in [0.15, 0.2) is 0 Å². The zero-order valence-corrected chi connectivity index (χ0v) is 25.5. The normalized spacial score (nSPS) is 58.3. The molecule has 2 bridgehead atoms. The van der Waals surface area contributed by atoms with Crippen molar-refractivity contribution in [2.75, 3.05) is 0 Å². The predicted octanol–water partition coefficient (Wildman–Crippen LogP) is 4.54. The molecule has 7 aliphatic rings. The maximum absolute atomic E-state index is 14.0. The van der Waals surface area contributed by atoms with Crippen LogP contribution in [0.3, 0.4) is 0 Å². The Morgan fingerprint density at radius 3 is 2.40 bits per heavy atom. The van der Waals surface area contributed by atoms with Crippen LogP contribution in [-0.2, 0) is 33.3 Å². The Bertz CT molecular complexity index is 1130. The highest BCUT2D eigenvalue weighted by Crippen LogP contribution is 2.72. The summed E-state index contributed by atoms with van der Waals surface area (Å²) in [6, 6.07) is 0. The lowest BCUT2D eigenvalue weighted by molar-refractivity contribution is -0.385. The second-order valence-electron chi connectivity index (χ2n) is 15.7. The van der Waals surface area contributed by atoms with E-state index >= 15 is 0 Å². The van der Waals surface area contributed by atoms with Crippen LogP contribution in [0.5, 0.6) is 0 Å². The number of aliphatic hydroxyl groups is 1. The first-order valence-electron chi connectivity index (χ1n) is 15.7. The molecule has 0 aromatic heterocycles. The molecule has 0 amide bonds. The SMILES string of the molecule is CC(=O)O[C@H]1CC[C@]2(O)[C@H]3O[C@H]3[C@H]3[C@@H]4CC[C@H]([C@H](C)[C@H]5C[C@]6(C)O[C@](C)(O5)OC6(C)C)[C@@]4(C)CC[C@@H]3[C@@]2(C)C1=O. The van der Waals surface area contributed by atoms with E-state index in [1.165, 1.54) is 6.92 Å². The van der Waals surface area contributed by atoms with Gasteiger partial charge in [0.25, 0.3) is 5.97 Å². The van der Waals surface area contributed by atoms with Gasteiger partial charge >= 0.3 is 5.97 Å². The van der Waals surface area contributed by atoms with Crippen LogP contribution in [0.1, 0.15) is 100 Å². The number of epoxide rings is 1. The number of hydrogen-bond donors (Lipinski definition) is 1. The van der Waals surface area contributed by atoms with Crippen molar-refractivity contribution < 1.29 is 38.4 Å². The third-order valence-corrected chi connectivity index (χ3v) is 13.6. The van der Waals surface area contributed by atoms with Gasteiger partial charge in [0, 0.05) is 20.3 Å². The first kappa shape index (κ1) is 27.8. The number of ether oxygens (including phenoxy) is 5. The van der Waals surface area contributed by atoms with Gasteiger partial charge < -0.3 is 28.8 Å². The molecule has 1 N–H and O–H groups in total. The van der Waals surface area contributed by atoms with E-state index in [-0.39, 0.29) is 41.3 Å². The molecule has 0 aromatic rings. The molecule has 224 valence electrons. The van der Waals surface area contributed by atoms with Crippen LogP contribution < -0.4 is 0 Å². The Morgan fingerprint density at radius 2 is 1.73 bits per heavy atom. The molecular weight excluding hydrogens is 512 g/mol. The number of ketones is 1. The highest BCUT2D eigenvalue weighted by Gasteiger charge is 2.79. The Labute approximate surface area is 238 Å². The van der Waals surface area contributed by atoms with Crippen LogP contribution in [0.2, 0.25) is 0 Å². The predicted molar refractivity (Wildman–Crippen MR) is 144 cm³/mol. The van der Waals surface area contributed by atoms with E-state index in [0.717, 1.165) is 32.1 Å². The second kappa shape index (κ2) is 8.10. The standard InChI is InChI=1S/C32H48O8/c1-16(22-15-29(6)27(3,4)39-31(8,38-22)40-29)18-9-10-19-23-20(11-13-28(18,19)5)30(7)25(34)21(36-17(2)33)12-14-32(30,35)26-24(23)37-26/h16,18-24,26,35H,9-15H2,1-8H3/t16-,18+,19-,20-,21-,22+,23-,24-,26-,28+,29-,30-,31+,32-/m0/s1. The third-order valence-electron chi connectivity index (χ3n) is 13.6.